The van der Waals surface area contributed by atoms with E-state index in [4.69, 9.17) is 0 Å². The monoisotopic (exact) mass is 393 g/mol. The van der Waals surface area contributed by atoms with Gasteiger partial charge in [0.05, 0.1) is 11.4 Å². The highest BCUT2D eigenvalue weighted by Gasteiger charge is 2.23. The minimum Gasteiger partial charge on any atom is -0.334 e. The Morgan fingerprint density at radius 1 is 0.929 bits per heavy atom. The molecule has 2 aromatic carbocycles. The predicted molar refractivity (Wildman–Crippen MR) is 113 cm³/mol. The largest absolute Gasteiger partial charge is 0.334 e. The molecule has 5 nitrogen and oxygen atoms in total. The molecule has 0 unspecified atom stereocenters. The lowest BCUT2D eigenvalue weighted by molar-refractivity contribution is 0.0882. The van der Waals surface area contributed by atoms with Crippen LogP contribution in [0.1, 0.15) is 15.2 Å². The molecule has 1 saturated heterocycles. The van der Waals surface area contributed by atoms with Crippen molar-refractivity contribution in [2.75, 3.05) is 32.7 Å². The van der Waals surface area contributed by atoms with Gasteiger partial charge in [-0.2, -0.15) is 0 Å². The molecule has 0 aliphatic carbocycles. The van der Waals surface area contributed by atoms with E-state index in [2.05, 4.69) is 34.5 Å². The molecule has 0 bridgehead atoms. The van der Waals surface area contributed by atoms with E-state index in [1.54, 1.807) is 0 Å². The SMILES string of the molecule is O=C(CN1CCN(C(=O)NCc2cccc3ccccc23)CC1)c1cccs1. The maximum Gasteiger partial charge on any atom is 0.317 e. The van der Waals surface area contributed by atoms with Crippen molar-refractivity contribution in [2.24, 2.45) is 0 Å². The fourth-order valence-electron chi connectivity index (χ4n) is 3.56. The van der Waals surface area contributed by atoms with E-state index in [0.29, 0.717) is 26.2 Å². The first-order valence-electron chi connectivity index (χ1n) is 9.49. The van der Waals surface area contributed by atoms with Gasteiger partial charge in [0.1, 0.15) is 0 Å². The summed E-state index contributed by atoms with van der Waals surface area (Å²) in [6.45, 7) is 3.65. The van der Waals surface area contributed by atoms with Gasteiger partial charge < -0.3 is 10.2 Å². The Bertz CT molecular complexity index is 958. The van der Waals surface area contributed by atoms with Crippen molar-refractivity contribution in [1.82, 2.24) is 15.1 Å². The highest BCUT2D eigenvalue weighted by atomic mass is 32.1. The summed E-state index contributed by atoms with van der Waals surface area (Å²) in [5.74, 6) is 0.156. The van der Waals surface area contributed by atoms with E-state index in [9.17, 15) is 9.59 Å². The van der Waals surface area contributed by atoms with E-state index >= 15 is 0 Å². The molecule has 0 saturated carbocycles. The summed E-state index contributed by atoms with van der Waals surface area (Å²) in [6.07, 6.45) is 0. The zero-order valence-electron chi connectivity index (χ0n) is 15.6. The first kappa shape index (κ1) is 18.7. The van der Waals surface area contributed by atoms with Gasteiger partial charge in [0, 0.05) is 32.7 Å². The molecule has 144 valence electrons. The van der Waals surface area contributed by atoms with Gasteiger partial charge >= 0.3 is 6.03 Å². The van der Waals surface area contributed by atoms with Crippen LogP contribution in [0.4, 0.5) is 4.79 Å². The van der Waals surface area contributed by atoms with Crippen LogP contribution in [-0.4, -0.2) is 54.3 Å². The summed E-state index contributed by atoms with van der Waals surface area (Å²) in [6, 6.07) is 18.1. The number of amides is 2. The number of nitrogens with zero attached hydrogens (tertiary/aromatic N) is 2. The number of carbonyl (C=O) groups excluding carboxylic acids is 2. The number of thiophene rings is 1. The molecule has 1 fully saturated rings. The molecule has 1 aliphatic heterocycles. The number of urea groups is 1. The second-order valence-corrected chi connectivity index (χ2v) is 7.91. The topological polar surface area (TPSA) is 52.7 Å². The molecular weight excluding hydrogens is 370 g/mol. The molecule has 0 atom stereocenters. The number of ketones is 1. The fourth-order valence-corrected chi connectivity index (χ4v) is 4.21. The van der Waals surface area contributed by atoms with E-state index in [-0.39, 0.29) is 11.8 Å². The Balaban J connectivity index is 1.28. The Labute approximate surface area is 168 Å². The lowest BCUT2D eigenvalue weighted by Crippen LogP contribution is -2.52. The van der Waals surface area contributed by atoms with Gasteiger partial charge in [0.15, 0.2) is 5.78 Å². The fraction of sp³-hybridized carbons (Fsp3) is 0.273. The molecule has 1 N–H and O–H groups in total. The van der Waals surface area contributed by atoms with Gasteiger partial charge in [-0.05, 0) is 27.8 Å². The van der Waals surface area contributed by atoms with Crippen LogP contribution in [0.5, 0.6) is 0 Å². The second kappa shape index (κ2) is 8.54. The quantitative estimate of drug-likeness (QED) is 0.674. The van der Waals surface area contributed by atoms with Gasteiger partial charge in [-0.1, -0.05) is 48.5 Å². The average molecular weight is 394 g/mol. The molecule has 0 radical (unpaired) electrons. The number of fused-ring (bicyclic) bond motifs is 1. The van der Waals surface area contributed by atoms with Crippen molar-refractivity contribution in [2.45, 2.75) is 6.54 Å². The summed E-state index contributed by atoms with van der Waals surface area (Å²) in [7, 11) is 0. The first-order valence-corrected chi connectivity index (χ1v) is 10.4. The smallest absolute Gasteiger partial charge is 0.317 e. The van der Waals surface area contributed by atoms with E-state index < -0.39 is 0 Å². The molecular formula is C22H23N3O2S. The van der Waals surface area contributed by atoms with Crippen molar-refractivity contribution in [3.8, 4) is 0 Å². The van der Waals surface area contributed by atoms with Gasteiger partial charge in [0.25, 0.3) is 0 Å². The number of piperazine rings is 1. The third-order valence-electron chi connectivity index (χ3n) is 5.13. The normalized spacial score (nSPS) is 14.9. The van der Waals surface area contributed by atoms with Gasteiger partial charge in [-0.25, -0.2) is 4.79 Å². The zero-order chi connectivity index (χ0) is 19.3. The Hall–Kier alpha value is -2.70. The van der Waals surface area contributed by atoms with Crippen LogP contribution in [0.3, 0.4) is 0 Å². The number of rotatable bonds is 5. The minimum atomic E-state index is -0.0443. The molecule has 1 aromatic heterocycles. The van der Waals surface area contributed by atoms with Crippen molar-refractivity contribution >= 4 is 33.9 Å². The van der Waals surface area contributed by atoms with Crippen LogP contribution < -0.4 is 5.32 Å². The Morgan fingerprint density at radius 3 is 2.50 bits per heavy atom. The predicted octanol–water partition coefficient (Wildman–Crippen LogP) is 3.61. The van der Waals surface area contributed by atoms with E-state index in [1.165, 1.54) is 22.1 Å². The number of hydrogen-bond acceptors (Lipinski definition) is 4. The van der Waals surface area contributed by atoms with E-state index in [0.717, 1.165) is 23.5 Å². The van der Waals surface area contributed by atoms with Crippen LogP contribution in [0, 0.1) is 0 Å². The summed E-state index contributed by atoms with van der Waals surface area (Å²) in [5, 5.41) is 7.31. The van der Waals surface area contributed by atoms with Crippen molar-refractivity contribution < 1.29 is 9.59 Å². The molecule has 3 aromatic rings. The summed E-state index contributed by atoms with van der Waals surface area (Å²) in [5.41, 5.74) is 1.12. The van der Waals surface area contributed by atoms with Crippen molar-refractivity contribution in [1.29, 1.82) is 0 Å². The maximum atomic E-state index is 12.6. The number of benzene rings is 2. The standard InChI is InChI=1S/C22H23N3O2S/c26-20(21-9-4-14-28-21)16-24-10-12-25(13-11-24)22(27)23-15-18-7-3-6-17-5-1-2-8-19(17)18/h1-9,14H,10-13,15-16H2,(H,23,27). The Kier molecular flexibility index (Phi) is 5.69. The molecule has 4 rings (SSSR count). The van der Waals surface area contributed by atoms with Gasteiger partial charge in [-0.15, -0.1) is 11.3 Å². The zero-order valence-corrected chi connectivity index (χ0v) is 16.5. The Morgan fingerprint density at radius 2 is 1.71 bits per heavy atom. The number of Topliss-reactive ketones (excluding diaryl/α,β-unsaturated/α-hetero) is 1. The maximum absolute atomic E-state index is 12.6. The molecule has 0 spiro atoms. The minimum absolute atomic E-state index is 0.0443. The number of nitrogens with one attached hydrogen (secondary N) is 1. The van der Waals surface area contributed by atoms with Crippen LogP contribution in [0.2, 0.25) is 0 Å². The number of hydrogen-bond donors (Lipinski definition) is 1. The van der Waals surface area contributed by atoms with Crippen LogP contribution in [-0.2, 0) is 6.54 Å². The highest BCUT2D eigenvalue weighted by Crippen LogP contribution is 2.18. The molecule has 2 amide bonds. The van der Waals surface area contributed by atoms with Crippen molar-refractivity contribution in [3.05, 3.63) is 70.4 Å². The van der Waals surface area contributed by atoms with Crippen LogP contribution in [0.25, 0.3) is 10.8 Å². The van der Waals surface area contributed by atoms with Gasteiger partial charge in [0.2, 0.25) is 0 Å². The molecule has 6 heteroatoms. The molecule has 1 aliphatic rings. The lowest BCUT2D eigenvalue weighted by atomic mass is 10.0. The van der Waals surface area contributed by atoms with Crippen molar-refractivity contribution in [3.63, 3.8) is 0 Å². The van der Waals surface area contributed by atoms with Crippen LogP contribution >= 0.6 is 11.3 Å². The summed E-state index contributed by atoms with van der Waals surface area (Å²) < 4.78 is 0. The third-order valence-corrected chi connectivity index (χ3v) is 6.04. The molecule has 28 heavy (non-hydrogen) atoms. The number of carbonyl (C=O) groups is 2. The average Bonchev–Trinajstić information content (AvgIpc) is 3.27. The molecule has 2 heterocycles. The summed E-state index contributed by atoms with van der Waals surface area (Å²) in [4.78, 5) is 29.5. The summed E-state index contributed by atoms with van der Waals surface area (Å²) >= 11 is 1.48. The lowest BCUT2D eigenvalue weighted by Gasteiger charge is -2.34. The third kappa shape index (κ3) is 4.24. The first-order chi connectivity index (χ1) is 13.7. The second-order valence-electron chi connectivity index (χ2n) is 6.96. The van der Waals surface area contributed by atoms with Gasteiger partial charge in [-0.3, -0.25) is 9.69 Å². The highest BCUT2D eigenvalue weighted by molar-refractivity contribution is 7.12. The van der Waals surface area contributed by atoms with E-state index in [1.807, 2.05) is 40.6 Å². The van der Waals surface area contributed by atoms with Crippen LogP contribution in [0.15, 0.2) is 60.0 Å².